The molecule has 2 aromatic rings. The van der Waals surface area contributed by atoms with Gasteiger partial charge in [0.1, 0.15) is 12.4 Å². The van der Waals surface area contributed by atoms with Crippen molar-refractivity contribution < 1.29 is 14.3 Å². The summed E-state index contributed by atoms with van der Waals surface area (Å²) in [6.07, 6.45) is 3.40. The van der Waals surface area contributed by atoms with E-state index >= 15 is 0 Å². The number of rotatable bonds is 6. The number of hydrogen-bond donors (Lipinski definition) is 1. The summed E-state index contributed by atoms with van der Waals surface area (Å²) in [5.74, 6) is -0.0344. The lowest BCUT2D eigenvalue weighted by Crippen LogP contribution is -2.44. The van der Waals surface area contributed by atoms with E-state index < -0.39 is 5.91 Å². The van der Waals surface area contributed by atoms with Crippen molar-refractivity contribution >= 4 is 46.2 Å². The van der Waals surface area contributed by atoms with Gasteiger partial charge in [0.15, 0.2) is 4.32 Å². The monoisotopic (exact) mass is 396 g/mol. The Labute approximate surface area is 166 Å². The Hall–Kier alpha value is -2.90. The molecule has 7 heteroatoms. The maximum atomic E-state index is 12.6. The third-order valence-electron chi connectivity index (χ3n) is 3.59. The second-order valence-corrected chi connectivity index (χ2v) is 7.17. The van der Waals surface area contributed by atoms with Gasteiger partial charge in [-0.05, 0) is 48.1 Å². The number of hydrogen-bond acceptors (Lipinski definition) is 5. The van der Waals surface area contributed by atoms with Crippen molar-refractivity contribution in [2.45, 2.75) is 0 Å². The van der Waals surface area contributed by atoms with Crippen LogP contribution in [0.4, 0.5) is 0 Å². The summed E-state index contributed by atoms with van der Waals surface area (Å²) >= 11 is 6.37. The van der Waals surface area contributed by atoms with Gasteiger partial charge in [0.25, 0.3) is 11.8 Å². The molecule has 0 unspecified atom stereocenters. The first-order chi connectivity index (χ1) is 13.1. The van der Waals surface area contributed by atoms with E-state index in [0.717, 1.165) is 28.1 Å². The van der Waals surface area contributed by atoms with Gasteiger partial charge in [-0.1, -0.05) is 54.7 Å². The second kappa shape index (κ2) is 8.66. The minimum absolute atomic E-state index is 0.279. The average Bonchev–Trinajstić information content (AvgIpc) is 2.95. The summed E-state index contributed by atoms with van der Waals surface area (Å²) in [5.41, 5.74) is 3.83. The normalized spacial score (nSPS) is 15.1. The molecule has 1 heterocycles. The van der Waals surface area contributed by atoms with Crippen LogP contribution < -0.4 is 10.2 Å². The van der Waals surface area contributed by atoms with Crippen LogP contribution in [0.1, 0.15) is 15.9 Å². The first kappa shape index (κ1) is 18.9. The maximum Gasteiger partial charge on any atom is 0.285 e. The molecular weight excluding hydrogens is 380 g/mol. The van der Waals surface area contributed by atoms with Gasteiger partial charge in [0.05, 0.1) is 4.91 Å². The summed E-state index contributed by atoms with van der Waals surface area (Å²) in [6, 6.07) is 16.0. The largest absolute Gasteiger partial charge is 0.490 e. The van der Waals surface area contributed by atoms with Crippen molar-refractivity contribution in [2.24, 2.45) is 0 Å². The molecule has 1 saturated heterocycles. The van der Waals surface area contributed by atoms with Crippen molar-refractivity contribution in [1.29, 1.82) is 0 Å². The van der Waals surface area contributed by atoms with Crippen molar-refractivity contribution in [3.05, 3.63) is 83.3 Å². The van der Waals surface area contributed by atoms with Gasteiger partial charge in [0, 0.05) is 5.56 Å². The van der Waals surface area contributed by atoms with E-state index in [2.05, 4.69) is 12.0 Å². The van der Waals surface area contributed by atoms with Crippen LogP contribution in [0.5, 0.6) is 5.75 Å². The van der Waals surface area contributed by atoms with Gasteiger partial charge in [-0.2, -0.15) is 5.01 Å². The first-order valence-electron chi connectivity index (χ1n) is 8.06. The number of carbonyl (C=O) groups is 2. The lowest BCUT2D eigenvalue weighted by Gasteiger charge is -2.15. The van der Waals surface area contributed by atoms with Crippen molar-refractivity contribution in [3.63, 3.8) is 0 Å². The smallest absolute Gasteiger partial charge is 0.285 e. The van der Waals surface area contributed by atoms with E-state index in [1.54, 1.807) is 36.4 Å². The van der Waals surface area contributed by atoms with Gasteiger partial charge in [0.2, 0.25) is 0 Å². The number of thiocarbonyl (C=S) groups is 1. The summed E-state index contributed by atoms with van der Waals surface area (Å²) in [7, 11) is 0. The van der Waals surface area contributed by atoms with Crippen LogP contribution in [0, 0.1) is 0 Å². The molecule has 0 spiro atoms. The zero-order valence-corrected chi connectivity index (χ0v) is 15.9. The molecule has 5 nitrogen and oxygen atoms in total. The molecule has 1 aliphatic heterocycles. The SMILES string of the molecule is C=CCOc1ccc(/C=C2\SC(=S)N(NC(=O)c3ccccc3)C2=O)cc1. The average molecular weight is 396 g/mol. The molecule has 0 radical (unpaired) electrons. The van der Waals surface area contributed by atoms with Crippen LogP contribution >= 0.6 is 24.0 Å². The molecule has 0 aromatic heterocycles. The van der Waals surface area contributed by atoms with Crippen molar-refractivity contribution in [1.82, 2.24) is 10.4 Å². The molecule has 1 N–H and O–H groups in total. The predicted octanol–water partition coefficient (Wildman–Crippen LogP) is 3.80. The molecular formula is C20H16N2O3S2. The Morgan fingerprint density at radius 3 is 2.56 bits per heavy atom. The zero-order chi connectivity index (χ0) is 19.2. The highest BCUT2D eigenvalue weighted by Gasteiger charge is 2.33. The number of benzene rings is 2. The molecule has 1 aliphatic rings. The number of nitrogens with zero attached hydrogens (tertiary/aromatic N) is 1. The fourth-order valence-electron chi connectivity index (χ4n) is 2.29. The summed E-state index contributed by atoms with van der Waals surface area (Å²) in [6.45, 7) is 4.03. The van der Waals surface area contributed by atoms with Crippen LogP contribution in [0.2, 0.25) is 0 Å². The number of nitrogens with one attached hydrogen (secondary N) is 1. The van der Waals surface area contributed by atoms with Gasteiger partial charge in [-0.15, -0.1) is 0 Å². The first-order valence-corrected chi connectivity index (χ1v) is 9.28. The number of carbonyl (C=O) groups excluding carboxylic acids is 2. The fourth-order valence-corrected chi connectivity index (χ4v) is 3.47. The minimum atomic E-state index is -0.392. The lowest BCUT2D eigenvalue weighted by atomic mass is 10.2. The minimum Gasteiger partial charge on any atom is -0.490 e. The van der Waals surface area contributed by atoms with E-state index in [-0.39, 0.29) is 10.2 Å². The number of amides is 2. The topological polar surface area (TPSA) is 58.6 Å². The maximum absolute atomic E-state index is 12.6. The molecule has 2 aromatic carbocycles. The highest BCUT2D eigenvalue weighted by molar-refractivity contribution is 8.26. The van der Waals surface area contributed by atoms with Gasteiger partial charge >= 0.3 is 0 Å². The van der Waals surface area contributed by atoms with Crippen LogP contribution in [0.25, 0.3) is 6.08 Å². The van der Waals surface area contributed by atoms with Gasteiger partial charge in [-0.25, -0.2) is 0 Å². The van der Waals surface area contributed by atoms with Gasteiger partial charge in [-0.3, -0.25) is 15.0 Å². The van der Waals surface area contributed by atoms with Crippen LogP contribution in [-0.2, 0) is 4.79 Å². The van der Waals surface area contributed by atoms with E-state index in [1.165, 1.54) is 0 Å². The second-order valence-electron chi connectivity index (χ2n) is 5.49. The molecule has 3 rings (SSSR count). The molecule has 27 heavy (non-hydrogen) atoms. The number of ether oxygens (including phenoxy) is 1. The Balaban J connectivity index is 1.70. The lowest BCUT2D eigenvalue weighted by molar-refractivity contribution is -0.123. The predicted molar refractivity (Wildman–Crippen MR) is 111 cm³/mol. The molecule has 0 saturated carbocycles. The van der Waals surface area contributed by atoms with E-state index in [9.17, 15) is 9.59 Å². The Kier molecular flexibility index (Phi) is 6.05. The summed E-state index contributed by atoms with van der Waals surface area (Å²) in [5, 5.41) is 1.10. The molecule has 0 atom stereocenters. The van der Waals surface area contributed by atoms with E-state index in [1.807, 2.05) is 30.3 Å². The van der Waals surface area contributed by atoms with E-state index in [0.29, 0.717) is 17.1 Å². The molecule has 136 valence electrons. The highest BCUT2D eigenvalue weighted by atomic mass is 32.2. The Morgan fingerprint density at radius 2 is 1.89 bits per heavy atom. The van der Waals surface area contributed by atoms with E-state index in [4.69, 9.17) is 17.0 Å². The number of hydrazine groups is 1. The van der Waals surface area contributed by atoms with Crippen molar-refractivity contribution in [3.8, 4) is 5.75 Å². The molecule has 2 amide bonds. The molecule has 0 bridgehead atoms. The molecule has 0 aliphatic carbocycles. The third kappa shape index (κ3) is 4.64. The highest BCUT2D eigenvalue weighted by Crippen LogP contribution is 2.31. The van der Waals surface area contributed by atoms with Gasteiger partial charge < -0.3 is 4.74 Å². The quantitative estimate of drug-likeness (QED) is 0.457. The Morgan fingerprint density at radius 1 is 1.19 bits per heavy atom. The van der Waals surface area contributed by atoms with Crippen LogP contribution in [0.3, 0.4) is 0 Å². The fraction of sp³-hybridized carbons (Fsp3) is 0.0500. The zero-order valence-electron chi connectivity index (χ0n) is 14.3. The standard InChI is InChI=1S/C20H16N2O3S2/c1-2-12-25-16-10-8-14(9-11-16)13-17-19(24)22(20(26)27-17)21-18(23)15-6-4-3-5-7-15/h2-11,13H,1,12H2,(H,21,23)/b17-13-. The van der Waals surface area contributed by atoms with Crippen LogP contribution in [-0.4, -0.2) is 27.8 Å². The summed E-state index contributed by atoms with van der Waals surface area (Å²) in [4.78, 5) is 25.3. The Bertz CT molecular complexity index is 909. The molecule has 1 fully saturated rings. The summed E-state index contributed by atoms with van der Waals surface area (Å²) < 4.78 is 5.71. The number of thioether (sulfide) groups is 1. The van der Waals surface area contributed by atoms with Crippen LogP contribution in [0.15, 0.2) is 72.2 Å². The third-order valence-corrected chi connectivity index (χ3v) is 4.89. The van der Waals surface area contributed by atoms with Crippen molar-refractivity contribution in [2.75, 3.05) is 6.61 Å².